The van der Waals surface area contributed by atoms with Gasteiger partial charge in [0.25, 0.3) is 0 Å². The van der Waals surface area contributed by atoms with Crippen LogP contribution in [0.4, 0.5) is 46.2 Å². The van der Waals surface area contributed by atoms with E-state index < -0.39 is 14.5 Å². The molecule has 0 aliphatic rings. The molecular weight excluding hydrogens is 602 g/mol. The third-order valence-electron chi connectivity index (χ3n) is 4.01. The summed E-state index contributed by atoms with van der Waals surface area (Å²) in [6, 6.07) is 23.4. The molecular formula is C21H17B2F8N5Pd. The van der Waals surface area contributed by atoms with Crippen LogP contribution in [0.1, 0.15) is 0 Å². The van der Waals surface area contributed by atoms with E-state index in [2.05, 4.69) is 9.97 Å². The van der Waals surface area contributed by atoms with Gasteiger partial charge in [-0.15, -0.1) is 0 Å². The summed E-state index contributed by atoms with van der Waals surface area (Å²) in [6.07, 6.45) is 3.54. The van der Waals surface area contributed by atoms with Crippen LogP contribution < -0.4 is 4.90 Å². The van der Waals surface area contributed by atoms with Gasteiger partial charge < -0.3 is 39.4 Å². The summed E-state index contributed by atoms with van der Waals surface area (Å²) >= 11 is 0. The van der Waals surface area contributed by atoms with E-state index in [1.165, 1.54) is 0 Å². The summed E-state index contributed by atoms with van der Waals surface area (Å²) in [5.41, 5.74) is 3.35. The second kappa shape index (κ2) is 14.4. The van der Waals surface area contributed by atoms with Crippen LogP contribution >= 0.6 is 0 Å². The number of nitrogens with zero attached hydrogens (tertiary/aromatic N) is 5. The van der Waals surface area contributed by atoms with Crippen LogP contribution in [0, 0.1) is 0 Å². The summed E-state index contributed by atoms with van der Waals surface area (Å²) in [5.74, 6) is 1.61. The Morgan fingerprint density at radius 1 is 0.514 bits per heavy atom. The molecule has 0 aromatic carbocycles. The first-order valence-corrected chi connectivity index (χ1v) is 10.1. The van der Waals surface area contributed by atoms with Crippen molar-refractivity contribution in [2.24, 2.45) is 0 Å². The molecule has 4 rings (SSSR count). The van der Waals surface area contributed by atoms with E-state index in [4.69, 9.17) is 9.97 Å². The predicted molar refractivity (Wildman–Crippen MR) is 123 cm³/mol. The first-order chi connectivity index (χ1) is 16.8. The quantitative estimate of drug-likeness (QED) is 0.183. The number of halogens is 8. The SMILES string of the molecule is CN(c1cccc(-c2ccccn2)n1)c1cccc(-c2ccccn2)n1.F[B-](F)(F)F.F[B-](F)(F)F.[Pd+2]. The van der Waals surface area contributed by atoms with Gasteiger partial charge in [-0.2, -0.15) is 0 Å². The van der Waals surface area contributed by atoms with E-state index in [0.717, 1.165) is 34.4 Å². The number of hydrogen-bond donors (Lipinski definition) is 0. The molecule has 37 heavy (non-hydrogen) atoms. The molecule has 198 valence electrons. The third-order valence-corrected chi connectivity index (χ3v) is 4.01. The van der Waals surface area contributed by atoms with Crippen LogP contribution in [-0.4, -0.2) is 41.5 Å². The van der Waals surface area contributed by atoms with E-state index in [9.17, 15) is 34.5 Å². The Morgan fingerprint density at radius 3 is 1.14 bits per heavy atom. The van der Waals surface area contributed by atoms with Crippen molar-refractivity contribution in [1.82, 2.24) is 19.9 Å². The summed E-state index contributed by atoms with van der Waals surface area (Å²) in [4.78, 5) is 20.2. The van der Waals surface area contributed by atoms with Crippen molar-refractivity contribution in [3.05, 3.63) is 85.2 Å². The van der Waals surface area contributed by atoms with Gasteiger partial charge in [0.2, 0.25) is 0 Å². The third kappa shape index (κ3) is 12.9. The fourth-order valence-corrected chi connectivity index (χ4v) is 2.65. The molecule has 0 aliphatic heterocycles. The largest absolute Gasteiger partial charge is 2.00 e. The summed E-state index contributed by atoms with van der Waals surface area (Å²) in [6.45, 7) is 0. The van der Waals surface area contributed by atoms with Gasteiger partial charge in [-0.3, -0.25) is 9.97 Å². The average molecular weight is 619 g/mol. The number of hydrogen-bond acceptors (Lipinski definition) is 5. The van der Waals surface area contributed by atoms with Gasteiger partial charge in [0.15, 0.2) is 0 Å². The van der Waals surface area contributed by atoms with E-state index >= 15 is 0 Å². The second-order valence-corrected chi connectivity index (χ2v) is 6.74. The van der Waals surface area contributed by atoms with Crippen LogP contribution in [-0.2, 0) is 20.4 Å². The van der Waals surface area contributed by atoms with E-state index in [1.54, 1.807) is 12.4 Å². The minimum Gasteiger partial charge on any atom is -0.418 e. The molecule has 16 heteroatoms. The zero-order valence-corrected chi connectivity index (χ0v) is 20.4. The Labute approximate surface area is 220 Å². The van der Waals surface area contributed by atoms with Crippen LogP contribution in [0.15, 0.2) is 85.2 Å². The monoisotopic (exact) mass is 619 g/mol. The zero-order valence-electron chi connectivity index (χ0n) is 18.8. The van der Waals surface area contributed by atoms with Gasteiger partial charge >= 0.3 is 34.9 Å². The van der Waals surface area contributed by atoms with Gasteiger partial charge in [0, 0.05) is 19.4 Å². The van der Waals surface area contributed by atoms with Gasteiger partial charge in [-0.1, -0.05) is 24.3 Å². The second-order valence-electron chi connectivity index (χ2n) is 6.74. The molecule has 0 bridgehead atoms. The van der Waals surface area contributed by atoms with Gasteiger partial charge in [-0.05, 0) is 48.5 Å². The van der Waals surface area contributed by atoms with Crippen molar-refractivity contribution in [2.45, 2.75) is 0 Å². The Morgan fingerprint density at radius 2 is 0.838 bits per heavy atom. The first kappa shape index (κ1) is 31.7. The Bertz CT molecular complexity index is 1110. The molecule has 0 aliphatic carbocycles. The van der Waals surface area contributed by atoms with Gasteiger partial charge in [0.05, 0.1) is 22.8 Å². The van der Waals surface area contributed by atoms with Crippen molar-refractivity contribution in [3.63, 3.8) is 0 Å². The molecule has 0 saturated heterocycles. The molecule has 4 aromatic heterocycles. The molecule has 0 radical (unpaired) electrons. The van der Waals surface area contributed by atoms with E-state index in [0.29, 0.717) is 0 Å². The number of anilines is 2. The molecule has 0 unspecified atom stereocenters. The van der Waals surface area contributed by atoms with Crippen molar-refractivity contribution in [3.8, 4) is 22.8 Å². The van der Waals surface area contributed by atoms with Crippen LogP contribution in [0.25, 0.3) is 22.8 Å². The Kier molecular flexibility index (Phi) is 12.3. The van der Waals surface area contributed by atoms with Crippen LogP contribution in [0.3, 0.4) is 0 Å². The minimum atomic E-state index is -6.00. The van der Waals surface area contributed by atoms with Gasteiger partial charge in [-0.25, -0.2) is 9.97 Å². The molecule has 0 atom stereocenters. The van der Waals surface area contributed by atoms with Crippen molar-refractivity contribution in [2.75, 3.05) is 11.9 Å². The molecule has 0 spiro atoms. The standard InChI is InChI=1S/C21H17N5.2BF4.Pd/c1-26(20-12-6-10-18(24-20)16-8-2-4-14-22-16)21-13-7-11-19(25-21)17-9-3-5-15-23-17;2*2-1(3,4)5;/h2-15H,1H3;;;/q;2*-1;+2. The number of rotatable bonds is 4. The molecule has 5 nitrogen and oxygen atoms in total. The van der Waals surface area contributed by atoms with Crippen LogP contribution in [0.2, 0.25) is 0 Å². The number of pyridine rings is 4. The van der Waals surface area contributed by atoms with Crippen molar-refractivity contribution >= 4 is 26.1 Å². The summed E-state index contributed by atoms with van der Waals surface area (Å²) in [5, 5.41) is 0. The maximum Gasteiger partial charge on any atom is 2.00 e. The fraction of sp³-hybridized carbons (Fsp3) is 0.0476. The first-order valence-electron chi connectivity index (χ1n) is 10.1. The topological polar surface area (TPSA) is 54.8 Å². The normalized spacial score (nSPS) is 10.6. The maximum atomic E-state index is 9.75. The molecule has 0 amide bonds. The summed E-state index contributed by atoms with van der Waals surface area (Å²) < 4.78 is 78.0. The van der Waals surface area contributed by atoms with Crippen LogP contribution in [0.5, 0.6) is 0 Å². The zero-order chi connectivity index (χ0) is 26.8. The number of aromatic nitrogens is 4. The molecule has 4 aromatic rings. The Balaban J connectivity index is 0.000000534. The van der Waals surface area contributed by atoms with Gasteiger partial charge in [0.1, 0.15) is 11.6 Å². The molecule has 0 fully saturated rings. The van der Waals surface area contributed by atoms with E-state index in [1.807, 2.05) is 84.7 Å². The average Bonchev–Trinajstić information content (AvgIpc) is 2.83. The minimum absolute atomic E-state index is 0. The van der Waals surface area contributed by atoms with E-state index in [-0.39, 0.29) is 20.4 Å². The molecule has 4 heterocycles. The molecule has 0 N–H and O–H groups in total. The predicted octanol–water partition coefficient (Wildman–Crippen LogP) is 6.97. The fourth-order valence-electron chi connectivity index (χ4n) is 2.65. The Hall–Kier alpha value is -3.37. The van der Waals surface area contributed by atoms with Crippen molar-refractivity contribution in [1.29, 1.82) is 0 Å². The smallest absolute Gasteiger partial charge is 0.418 e. The van der Waals surface area contributed by atoms with Crippen molar-refractivity contribution < 1.29 is 54.9 Å². The molecule has 0 saturated carbocycles. The maximum absolute atomic E-state index is 9.75. The summed E-state index contributed by atoms with van der Waals surface area (Å²) in [7, 11) is -10.0.